The van der Waals surface area contributed by atoms with Gasteiger partial charge in [-0.1, -0.05) is 91.0 Å². The van der Waals surface area contributed by atoms with Gasteiger partial charge in [-0.3, -0.25) is 19.9 Å². The maximum atomic E-state index is 14.0. The molecule has 2 amide bonds. The number of imide groups is 1. The molecule has 0 radical (unpaired) electrons. The Labute approximate surface area is 200 Å². The molecule has 0 spiro atoms. The van der Waals surface area contributed by atoms with Gasteiger partial charge in [0.1, 0.15) is 0 Å². The van der Waals surface area contributed by atoms with Gasteiger partial charge in [0.15, 0.2) is 5.96 Å². The van der Waals surface area contributed by atoms with Gasteiger partial charge in [0.05, 0.1) is 18.5 Å². The van der Waals surface area contributed by atoms with Crippen LogP contribution < -0.4 is 16.8 Å². The van der Waals surface area contributed by atoms with E-state index in [2.05, 4.69) is 5.32 Å². The Morgan fingerprint density at radius 1 is 0.824 bits per heavy atom. The van der Waals surface area contributed by atoms with Crippen molar-refractivity contribution in [3.05, 3.63) is 108 Å². The number of carbonyl (C=O) groups is 2. The highest BCUT2D eigenvalue weighted by atomic mass is 16.2. The lowest BCUT2D eigenvalue weighted by atomic mass is 9.89. The number of nitrogens with zero attached hydrogens (tertiary/aromatic N) is 1. The zero-order valence-corrected chi connectivity index (χ0v) is 19.1. The first kappa shape index (κ1) is 24.7. The highest BCUT2D eigenvalue weighted by Gasteiger charge is 2.33. The predicted octanol–water partition coefficient (Wildman–Crippen LogP) is 2.96. The van der Waals surface area contributed by atoms with Crippen LogP contribution in [-0.2, 0) is 16.1 Å². The van der Waals surface area contributed by atoms with E-state index < -0.39 is 17.9 Å². The average molecular weight is 458 g/mol. The van der Waals surface area contributed by atoms with Gasteiger partial charge in [-0.15, -0.1) is 0 Å². The fourth-order valence-corrected chi connectivity index (χ4v) is 3.82. The molecule has 0 fully saturated rings. The van der Waals surface area contributed by atoms with Crippen molar-refractivity contribution in [2.24, 2.45) is 11.5 Å². The summed E-state index contributed by atoms with van der Waals surface area (Å²) < 4.78 is 0. The van der Waals surface area contributed by atoms with Gasteiger partial charge in [0.25, 0.3) is 0 Å². The largest absolute Gasteiger partial charge is 0.370 e. The van der Waals surface area contributed by atoms with E-state index in [1.165, 1.54) is 4.90 Å². The SMILES string of the molecule is N=C(N)NCCC[C@@H](N)C(=O)N(Cc1ccccc1)C(=O)C(c1ccccc1)c1ccccc1. The lowest BCUT2D eigenvalue weighted by Crippen LogP contribution is -2.48. The van der Waals surface area contributed by atoms with Crippen molar-refractivity contribution in [1.29, 1.82) is 5.41 Å². The number of nitrogens with two attached hydrogens (primary N) is 2. The van der Waals surface area contributed by atoms with E-state index in [4.69, 9.17) is 16.9 Å². The van der Waals surface area contributed by atoms with Crippen LogP contribution in [0, 0.1) is 5.41 Å². The first-order valence-corrected chi connectivity index (χ1v) is 11.3. The highest BCUT2D eigenvalue weighted by Crippen LogP contribution is 2.28. The van der Waals surface area contributed by atoms with Crippen LogP contribution in [0.1, 0.15) is 35.4 Å². The molecule has 0 aliphatic rings. The zero-order valence-electron chi connectivity index (χ0n) is 19.1. The molecule has 0 heterocycles. The molecule has 0 aliphatic carbocycles. The van der Waals surface area contributed by atoms with Gasteiger partial charge >= 0.3 is 0 Å². The summed E-state index contributed by atoms with van der Waals surface area (Å²) in [5.41, 5.74) is 14.0. The third-order valence-electron chi connectivity index (χ3n) is 5.55. The van der Waals surface area contributed by atoms with Crippen LogP contribution in [0.15, 0.2) is 91.0 Å². The molecule has 0 bridgehead atoms. The fraction of sp³-hybridized carbons (Fsp3) is 0.222. The van der Waals surface area contributed by atoms with Crippen LogP contribution in [0.3, 0.4) is 0 Å². The van der Waals surface area contributed by atoms with Gasteiger partial charge in [-0.05, 0) is 29.5 Å². The summed E-state index contributed by atoms with van der Waals surface area (Å²) in [5.74, 6) is -1.51. The third kappa shape index (κ3) is 6.76. The van der Waals surface area contributed by atoms with E-state index in [0.717, 1.165) is 16.7 Å². The lowest BCUT2D eigenvalue weighted by molar-refractivity contribution is -0.147. The summed E-state index contributed by atoms with van der Waals surface area (Å²) in [6.45, 7) is 0.563. The molecule has 3 rings (SSSR count). The molecule has 34 heavy (non-hydrogen) atoms. The fourth-order valence-electron chi connectivity index (χ4n) is 3.82. The predicted molar refractivity (Wildman–Crippen MR) is 134 cm³/mol. The Bertz CT molecular complexity index is 1030. The minimum Gasteiger partial charge on any atom is -0.370 e. The Morgan fingerprint density at radius 2 is 1.32 bits per heavy atom. The van der Waals surface area contributed by atoms with E-state index in [9.17, 15) is 9.59 Å². The summed E-state index contributed by atoms with van der Waals surface area (Å²) in [7, 11) is 0. The molecular formula is C27H31N5O2. The topological polar surface area (TPSA) is 125 Å². The monoisotopic (exact) mass is 457 g/mol. The first-order valence-electron chi connectivity index (χ1n) is 11.3. The number of benzene rings is 3. The number of hydrogen-bond donors (Lipinski definition) is 4. The standard InChI is InChI=1S/C27H31N5O2/c28-23(17-10-18-31-27(29)30)25(33)32(19-20-11-4-1-5-12-20)26(34)24(21-13-6-2-7-14-21)22-15-8-3-9-16-22/h1-9,11-16,23-24H,10,17-19,28H2,(H4,29,30,31)/t23-/m1/s1. The number of guanidine groups is 1. The van der Waals surface area contributed by atoms with Crippen molar-refractivity contribution < 1.29 is 9.59 Å². The lowest BCUT2D eigenvalue weighted by Gasteiger charge is -2.29. The molecular weight excluding hydrogens is 426 g/mol. The van der Waals surface area contributed by atoms with Crippen molar-refractivity contribution in [1.82, 2.24) is 10.2 Å². The minimum atomic E-state index is -0.853. The molecule has 1 atom stereocenters. The number of nitrogens with one attached hydrogen (secondary N) is 2. The second-order valence-electron chi connectivity index (χ2n) is 8.09. The molecule has 0 saturated carbocycles. The summed E-state index contributed by atoms with van der Waals surface area (Å²) in [6, 6.07) is 27.5. The number of hydrogen-bond acceptors (Lipinski definition) is 4. The van der Waals surface area contributed by atoms with E-state index in [0.29, 0.717) is 19.4 Å². The Hall–Kier alpha value is -3.97. The number of amides is 2. The Kier molecular flexibility index (Phi) is 8.94. The van der Waals surface area contributed by atoms with Crippen molar-refractivity contribution in [2.75, 3.05) is 6.54 Å². The van der Waals surface area contributed by atoms with Crippen LogP contribution in [0.2, 0.25) is 0 Å². The van der Waals surface area contributed by atoms with E-state index >= 15 is 0 Å². The molecule has 3 aromatic carbocycles. The van der Waals surface area contributed by atoms with Crippen molar-refractivity contribution in [2.45, 2.75) is 31.3 Å². The van der Waals surface area contributed by atoms with Crippen LogP contribution in [0.5, 0.6) is 0 Å². The van der Waals surface area contributed by atoms with Crippen LogP contribution in [0.25, 0.3) is 0 Å². The minimum absolute atomic E-state index is 0.130. The number of carbonyl (C=O) groups excluding carboxylic acids is 2. The molecule has 176 valence electrons. The third-order valence-corrected chi connectivity index (χ3v) is 5.55. The van der Waals surface area contributed by atoms with Gasteiger partial charge in [0, 0.05) is 6.54 Å². The van der Waals surface area contributed by atoms with Crippen molar-refractivity contribution in [3.8, 4) is 0 Å². The highest BCUT2D eigenvalue weighted by molar-refractivity contribution is 6.01. The maximum Gasteiger partial charge on any atom is 0.246 e. The summed E-state index contributed by atoms with van der Waals surface area (Å²) >= 11 is 0. The van der Waals surface area contributed by atoms with E-state index in [1.54, 1.807) is 0 Å². The van der Waals surface area contributed by atoms with Crippen LogP contribution in [-0.4, -0.2) is 35.3 Å². The molecule has 0 unspecified atom stereocenters. The maximum absolute atomic E-state index is 14.0. The number of rotatable bonds is 10. The average Bonchev–Trinajstić information content (AvgIpc) is 2.86. The Morgan fingerprint density at radius 3 is 1.82 bits per heavy atom. The van der Waals surface area contributed by atoms with Gasteiger partial charge in [-0.2, -0.15) is 0 Å². The molecule has 0 aromatic heterocycles. The van der Waals surface area contributed by atoms with Crippen LogP contribution in [0.4, 0.5) is 0 Å². The zero-order chi connectivity index (χ0) is 24.3. The van der Waals surface area contributed by atoms with E-state index in [1.807, 2.05) is 91.0 Å². The van der Waals surface area contributed by atoms with Gasteiger partial charge < -0.3 is 16.8 Å². The molecule has 6 N–H and O–H groups in total. The van der Waals surface area contributed by atoms with Gasteiger partial charge in [0.2, 0.25) is 11.8 Å². The van der Waals surface area contributed by atoms with Gasteiger partial charge in [-0.25, -0.2) is 0 Å². The first-order chi connectivity index (χ1) is 16.5. The van der Waals surface area contributed by atoms with Crippen molar-refractivity contribution in [3.63, 3.8) is 0 Å². The smallest absolute Gasteiger partial charge is 0.246 e. The normalized spacial score (nSPS) is 11.6. The molecule has 3 aromatic rings. The summed E-state index contributed by atoms with van der Waals surface area (Å²) in [4.78, 5) is 28.8. The quantitative estimate of drug-likeness (QED) is 0.212. The molecule has 0 aliphatic heterocycles. The van der Waals surface area contributed by atoms with Crippen molar-refractivity contribution >= 4 is 17.8 Å². The second kappa shape index (κ2) is 12.3. The molecule has 7 heteroatoms. The van der Waals surface area contributed by atoms with E-state index in [-0.39, 0.29) is 18.4 Å². The summed E-state index contributed by atoms with van der Waals surface area (Å²) in [5, 5.41) is 9.95. The molecule has 0 saturated heterocycles. The molecule has 7 nitrogen and oxygen atoms in total. The Balaban J connectivity index is 1.91. The second-order valence-corrected chi connectivity index (χ2v) is 8.09. The summed E-state index contributed by atoms with van der Waals surface area (Å²) in [6.07, 6.45) is 0.902. The van der Waals surface area contributed by atoms with Crippen LogP contribution >= 0.6 is 0 Å².